The summed E-state index contributed by atoms with van der Waals surface area (Å²) in [4.78, 5) is 0. The summed E-state index contributed by atoms with van der Waals surface area (Å²) in [6.07, 6.45) is 15.5. The molecule has 0 radical (unpaired) electrons. The summed E-state index contributed by atoms with van der Waals surface area (Å²) < 4.78 is 0. The van der Waals surface area contributed by atoms with Crippen LogP contribution >= 0.6 is 0 Å². The van der Waals surface area contributed by atoms with E-state index in [4.69, 9.17) is 10.5 Å². The number of nitrogens with zero attached hydrogens (tertiary/aromatic N) is 4. The highest BCUT2D eigenvalue weighted by Crippen LogP contribution is 2.24. The van der Waals surface area contributed by atoms with Crippen molar-refractivity contribution in [2.45, 2.75) is 84.0 Å². The van der Waals surface area contributed by atoms with Crippen molar-refractivity contribution < 1.29 is 0 Å². The summed E-state index contributed by atoms with van der Waals surface area (Å²) in [6.45, 7) is 2.19. The van der Waals surface area contributed by atoms with Crippen LogP contribution in [-0.2, 0) is 6.42 Å². The summed E-state index contributed by atoms with van der Waals surface area (Å²) in [5.74, 6) is -0.305. The van der Waals surface area contributed by atoms with E-state index >= 15 is 0 Å². The van der Waals surface area contributed by atoms with Gasteiger partial charge in [0.05, 0.1) is 36.1 Å². The Hall–Kier alpha value is -3.08. The Bertz CT molecular complexity index is 934. The molecule has 0 aromatic heterocycles. The molecule has 0 N–H and O–H groups in total. The van der Waals surface area contributed by atoms with Gasteiger partial charge < -0.3 is 0 Å². The normalized spacial score (nSPS) is 13.6. The summed E-state index contributed by atoms with van der Waals surface area (Å²) in [6, 6.07) is 14.6. The molecule has 2 atom stereocenters. The summed E-state index contributed by atoms with van der Waals surface area (Å²) in [7, 11) is 0. The molecule has 0 aliphatic rings. The average Bonchev–Trinajstić information content (AvgIpc) is 2.78. The van der Waals surface area contributed by atoms with E-state index < -0.39 is 0 Å². The average molecular weight is 415 g/mol. The predicted molar refractivity (Wildman–Crippen MR) is 124 cm³/mol. The molecule has 0 heterocycles. The molecule has 0 bridgehead atoms. The minimum atomic E-state index is -0.161. The first-order chi connectivity index (χ1) is 15.2. The molecule has 1 aromatic rings. The maximum absolute atomic E-state index is 9.51. The van der Waals surface area contributed by atoms with E-state index in [1.165, 1.54) is 25.3 Å². The number of nitriles is 4. The molecule has 162 valence electrons. The van der Waals surface area contributed by atoms with E-state index in [9.17, 15) is 10.5 Å². The number of aryl methyl sites for hydroxylation is 1. The lowest BCUT2D eigenvalue weighted by molar-refractivity contribution is 0.402. The van der Waals surface area contributed by atoms with Crippen LogP contribution in [0.25, 0.3) is 12.2 Å². The van der Waals surface area contributed by atoms with E-state index in [0.29, 0.717) is 0 Å². The van der Waals surface area contributed by atoms with E-state index in [2.05, 4.69) is 25.1 Å². The third kappa shape index (κ3) is 10.5. The molecule has 0 aliphatic carbocycles. The maximum Gasteiger partial charge on any atom is 0.0918 e. The van der Waals surface area contributed by atoms with Crippen LogP contribution < -0.4 is 10.4 Å². The zero-order valence-corrected chi connectivity index (χ0v) is 18.8. The molecular weight excluding hydrogens is 380 g/mol. The molecule has 31 heavy (non-hydrogen) atoms. The number of hydrogen-bond donors (Lipinski definition) is 0. The molecule has 0 saturated carbocycles. The van der Waals surface area contributed by atoms with Crippen LogP contribution in [0, 0.1) is 57.2 Å². The quantitative estimate of drug-likeness (QED) is 0.379. The molecule has 4 heteroatoms. The Kier molecular flexibility index (Phi) is 14.0. The van der Waals surface area contributed by atoms with Crippen molar-refractivity contribution in [2.24, 2.45) is 11.8 Å². The van der Waals surface area contributed by atoms with E-state index in [-0.39, 0.29) is 11.8 Å². The topological polar surface area (TPSA) is 95.2 Å². The fourth-order valence-electron chi connectivity index (χ4n) is 3.93. The van der Waals surface area contributed by atoms with Gasteiger partial charge in [-0.25, -0.2) is 0 Å². The van der Waals surface area contributed by atoms with Crippen molar-refractivity contribution in [3.05, 3.63) is 34.2 Å². The third-order valence-electron chi connectivity index (χ3n) is 5.77. The van der Waals surface area contributed by atoms with Crippen LogP contribution in [-0.4, -0.2) is 0 Å². The van der Waals surface area contributed by atoms with Crippen LogP contribution in [0.4, 0.5) is 0 Å². The first-order valence-electron chi connectivity index (χ1n) is 11.6. The molecule has 1 rings (SSSR count). The molecule has 0 spiro atoms. The SMILES string of the molecule is CCCCCCCC(C#N)C(C#N)CCCCCCc1cc(=CC#N)ccc1=CC#N. The van der Waals surface area contributed by atoms with Crippen LogP contribution in [0.5, 0.6) is 0 Å². The zero-order valence-electron chi connectivity index (χ0n) is 18.8. The van der Waals surface area contributed by atoms with Crippen molar-refractivity contribution in [2.75, 3.05) is 0 Å². The predicted octanol–water partition coefficient (Wildman–Crippen LogP) is 5.43. The molecule has 2 unspecified atom stereocenters. The fraction of sp³-hybridized carbons (Fsp3) is 0.556. The van der Waals surface area contributed by atoms with Gasteiger partial charge in [0.15, 0.2) is 0 Å². The largest absolute Gasteiger partial charge is 0.198 e. The van der Waals surface area contributed by atoms with Crippen molar-refractivity contribution >= 4 is 12.2 Å². The Labute approximate surface area is 187 Å². The fourth-order valence-corrected chi connectivity index (χ4v) is 3.93. The van der Waals surface area contributed by atoms with Gasteiger partial charge in [-0.3, -0.25) is 0 Å². The molecular formula is C27H34N4. The maximum atomic E-state index is 9.51. The highest BCUT2D eigenvalue weighted by Gasteiger charge is 2.20. The zero-order chi connectivity index (χ0) is 22.7. The summed E-state index contributed by atoms with van der Waals surface area (Å²) >= 11 is 0. The van der Waals surface area contributed by atoms with Crippen LogP contribution in [0.3, 0.4) is 0 Å². The lowest BCUT2D eigenvalue weighted by atomic mass is 9.86. The van der Waals surface area contributed by atoms with E-state index in [1.54, 1.807) is 6.08 Å². The van der Waals surface area contributed by atoms with Crippen LogP contribution in [0.2, 0.25) is 0 Å². The monoisotopic (exact) mass is 414 g/mol. The van der Waals surface area contributed by atoms with Crippen LogP contribution in [0.1, 0.15) is 83.1 Å². The number of rotatable bonds is 14. The van der Waals surface area contributed by atoms with Gasteiger partial charge in [-0.15, -0.1) is 0 Å². The minimum absolute atomic E-state index is 0.144. The molecule has 1 aromatic carbocycles. The van der Waals surface area contributed by atoms with Gasteiger partial charge >= 0.3 is 0 Å². The van der Waals surface area contributed by atoms with Gasteiger partial charge in [-0.1, -0.05) is 76.5 Å². The van der Waals surface area contributed by atoms with Crippen molar-refractivity contribution in [1.29, 1.82) is 21.0 Å². The second-order valence-corrected chi connectivity index (χ2v) is 8.13. The second-order valence-electron chi connectivity index (χ2n) is 8.13. The summed E-state index contributed by atoms with van der Waals surface area (Å²) in [5.41, 5.74) is 1.09. The van der Waals surface area contributed by atoms with Gasteiger partial charge in [0, 0.05) is 12.2 Å². The first kappa shape index (κ1) is 26.0. The van der Waals surface area contributed by atoms with Gasteiger partial charge in [0.2, 0.25) is 0 Å². The molecule has 0 saturated heterocycles. The van der Waals surface area contributed by atoms with E-state index in [0.717, 1.165) is 73.8 Å². The van der Waals surface area contributed by atoms with Crippen molar-refractivity contribution in [3.63, 3.8) is 0 Å². The first-order valence-corrected chi connectivity index (χ1v) is 11.6. The molecule has 0 fully saturated rings. The van der Waals surface area contributed by atoms with Crippen molar-refractivity contribution in [1.82, 2.24) is 0 Å². The highest BCUT2D eigenvalue weighted by atomic mass is 14.3. The molecule has 0 amide bonds. The Morgan fingerprint density at radius 3 is 1.87 bits per heavy atom. The summed E-state index contributed by atoms with van der Waals surface area (Å²) in [5, 5.41) is 38.6. The lowest BCUT2D eigenvalue weighted by Gasteiger charge is -2.15. The Morgan fingerprint density at radius 2 is 1.32 bits per heavy atom. The van der Waals surface area contributed by atoms with Crippen molar-refractivity contribution in [3.8, 4) is 24.3 Å². The second kappa shape index (κ2) is 16.7. The molecule has 4 nitrogen and oxygen atoms in total. The van der Waals surface area contributed by atoms with Crippen LogP contribution in [0.15, 0.2) is 18.2 Å². The van der Waals surface area contributed by atoms with E-state index in [1.807, 2.05) is 24.3 Å². The van der Waals surface area contributed by atoms with Gasteiger partial charge in [-0.2, -0.15) is 21.0 Å². The number of unbranched alkanes of at least 4 members (excludes halogenated alkanes) is 7. The Balaban J connectivity index is 2.43. The standard InChI is InChI=1S/C27H34N4/c1-2-3-4-5-9-12-26(21-30)27(22-31)13-10-7-6-8-11-25-20-23(16-18-28)14-15-24(25)17-19-29/h14-17,20,26-27H,2-13H2,1H3. The number of hydrogen-bond acceptors (Lipinski definition) is 4. The minimum Gasteiger partial charge on any atom is -0.198 e. The Morgan fingerprint density at radius 1 is 0.742 bits per heavy atom. The van der Waals surface area contributed by atoms with Gasteiger partial charge in [-0.05, 0) is 41.7 Å². The highest BCUT2D eigenvalue weighted by molar-refractivity contribution is 5.45. The lowest BCUT2D eigenvalue weighted by Crippen LogP contribution is -2.14. The number of benzene rings is 1. The smallest absolute Gasteiger partial charge is 0.0918 e. The molecule has 0 aliphatic heterocycles. The van der Waals surface area contributed by atoms with Gasteiger partial charge in [0.25, 0.3) is 0 Å². The third-order valence-corrected chi connectivity index (χ3v) is 5.77. The van der Waals surface area contributed by atoms with Gasteiger partial charge in [0.1, 0.15) is 0 Å².